The standard InChI is InChI=1S/C9H7BrN2S/c10-5-9-12-8(6-13-9)7-3-1-2-4-11-7/h1-4,6H,5H2. The quantitative estimate of drug-likeness (QED) is 0.770. The van der Waals surface area contributed by atoms with Crippen LogP contribution in [0.4, 0.5) is 0 Å². The first-order valence-electron chi connectivity index (χ1n) is 3.82. The summed E-state index contributed by atoms with van der Waals surface area (Å²) in [5, 5.41) is 3.92. The van der Waals surface area contributed by atoms with E-state index in [0.717, 1.165) is 21.7 Å². The first-order valence-corrected chi connectivity index (χ1v) is 5.82. The molecule has 0 atom stereocenters. The normalized spacial score (nSPS) is 10.2. The molecule has 0 unspecified atom stereocenters. The molecule has 66 valence electrons. The Balaban J connectivity index is 2.36. The summed E-state index contributed by atoms with van der Waals surface area (Å²) in [5.41, 5.74) is 1.89. The van der Waals surface area contributed by atoms with Crippen LogP contribution >= 0.6 is 27.3 Å². The zero-order valence-electron chi connectivity index (χ0n) is 6.77. The maximum absolute atomic E-state index is 4.41. The van der Waals surface area contributed by atoms with Crippen molar-refractivity contribution in [1.82, 2.24) is 9.97 Å². The van der Waals surface area contributed by atoms with E-state index < -0.39 is 0 Å². The van der Waals surface area contributed by atoms with Gasteiger partial charge in [0.05, 0.1) is 16.7 Å². The molecule has 0 N–H and O–H groups in total. The Hall–Kier alpha value is -0.740. The Morgan fingerprint density at radius 1 is 1.31 bits per heavy atom. The molecule has 13 heavy (non-hydrogen) atoms. The SMILES string of the molecule is BrCc1nc(-c2ccccn2)cs1. The first kappa shape index (κ1) is 8.84. The average molecular weight is 255 g/mol. The first-order chi connectivity index (χ1) is 6.40. The van der Waals surface area contributed by atoms with Gasteiger partial charge in [0.15, 0.2) is 0 Å². The molecule has 0 saturated carbocycles. The van der Waals surface area contributed by atoms with Crippen molar-refractivity contribution in [3.63, 3.8) is 0 Å². The van der Waals surface area contributed by atoms with Crippen LogP contribution in [0.5, 0.6) is 0 Å². The summed E-state index contributed by atoms with van der Waals surface area (Å²) in [7, 11) is 0. The Kier molecular flexibility index (Phi) is 2.71. The lowest BCUT2D eigenvalue weighted by Gasteiger charge is -1.92. The van der Waals surface area contributed by atoms with Crippen LogP contribution in [-0.2, 0) is 5.33 Å². The van der Waals surface area contributed by atoms with Crippen molar-refractivity contribution in [1.29, 1.82) is 0 Å². The predicted molar refractivity (Wildman–Crippen MR) is 58.0 cm³/mol. The van der Waals surface area contributed by atoms with Gasteiger partial charge in [0.1, 0.15) is 5.01 Å². The van der Waals surface area contributed by atoms with Gasteiger partial charge in [-0.1, -0.05) is 22.0 Å². The smallest absolute Gasteiger partial charge is 0.104 e. The third kappa shape index (κ3) is 1.95. The van der Waals surface area contributed by atoms with Gasteiger partial charge in [0, 0.05) is 11.6 Å². The molecule has 2 aromatic heterocycles. The van der Waals surface area contributed by atoms with E-state index in [9.17, 15) is 0 Å². The fourth-order valence-electron chi connectivity index (χ4n) is 1.00. The number of nitrogens with zero attached hydrogens (tertiary/aromatic N) is 2. The van der Waals surface area contributed by atoms with Crippen LogP contribution in [0, 0.1) is 0 Å². The molecule has 2 heterocycles. The molecular formula is C9H7BrN2S. The van der Waals surface area contributed by atoms with Crippen molar-refractivity contribution >= 4 is 27.3 Å². The van der Waals surface area contributed by atoms with Gasteiger partial charge in [0.25, 0.3) is 0 Å². The van der Waals surface area contributed by atoms with Gasteiger partial charge in [-0.05, 0) is 12.1 Å². The molecule has 0 saturated heterocycles. The highest BCUT2D eigenvalue weighted by molar-refractivity contribution is 9.08. The monoisotopic (exact) mass is 254 g/mol. The van der Waals surface area contributed by atoms with Gasteiger partial charge in [-0.25, -0.2) is 4.98 Å². The van der Waals surface area contributed by atoms with Gasteiger partial charge in [-0.3, -0.25) is 4.98 Å². The third-order valence-corrected chi connectivity index (χ3v) is 3.34. The topological polar surface area (TPSA) is 25.8 Å². The molecule has 2 rings (SSSR count). The van der Waals surface area contributed by atoms with Crippen molar-refractivity contribution in [2.24, 2.45) is 0 Å². The van der Waals surface area contributed by atoms with Crippen molar-refractivity contribution in [3.8, 4) is 11.4 Å². The van der Waals surface area contributed by atoms with Gasteiger partial charge in [-0.15, -0.1) is 11.3 Å². The zero-order valence-corrected chi connectivity index (χ0v) is 9.18. The largest absolute Gasteiger partial charge is 0.255 e. The molecule has 0 aliphatic heterocycles. The van der Waals surface area contributed by atoms with E-state index in [0.29, 0.717) is 0 Å². The van der Waals surface area contributed by atoms with Crippen LogP contribution in [0.3, 0.4) is 0 Å². The molecule has 0 aliphatic carbocycles. The van der Waals surface area contributed by atoms with E-state index in [1.807, 2.05) is 23.6 Å². The summed E-state index contributed by atoms with van der Waals surface area (Å²) in [5.74, 6) is 0. The summed E-state index contributed by atoms with van der Waals surface area (Å²) in [6, 6.07) is 5.84. The van der Waals surface area contributed by atoms with Gasteiger partial charge < -0.3 is 0 Å². The molecule has 0 aliphatic rings. The Morgan fingerprint density at radius 2 is 2.23 bits per heavy atom. The lowest BCUT2D eigenvalue weighted by atomic mass is 10.3. The van der Waals surface area contributed by atoms with Crippen LogP contribution in [0.25, 0.3) is 11.4 Å². The van der Waals surface area contributed by atoms with Gasteiger partial charge in [0.2, 0.25) is 0 Å². The highest BCUT2D eigenvalue weighted by Gasteiger charge is 2.03. The zero-order chi connectivity index (χ0) is 9.10. The summed E-state index contributed by atoms with van der Waals surface area (Å²) < 4.78 is 0. The van der Waals surface area contributed by atoms with Crippen molar-refractivity contribution < 1.29 is 0 Å². The second-order valence-electron chi connectivity index (χ2n) is 2.48. The summed E-state index contributed by atoms with van der Waals surface area (Å²) >= 11 is 5.02. The minimum absolute atomic E-state index is 0.810. The molecule has 0 aromatic carbocycles. The van der Waals surface area contributed by atoms with E-state index >= 15 is 0 Å². The minimum Gasteiger partial charge on any atom is -0.255 e. The lowest BCUT2D eigenvalue weighted by molar-refractivity contribution is 1.23. The Morgan fingerprint density at radius 3 is 2.85 bits per heavy atom. The van der Waals surface area contributed by atoms with E-state index in [2.05, 4.69) is 25.9 Å². The minimum atomic E-state index is 0.810. The molecule has 4 heteroatoms. The fraction of sp³-hybridized carbons (Fsp3) is 0.111. The number of halogens is 1. The summed E-state index contributed by atoms with van der Waals surface area (Å²) in [6.45, 7) is 0. The molecule has 0 spiro atoms. The molecular weight excluding hydrogens is 248 g/mol. The van der Waals surface area contributed by atoms with Crippen LogP contribution in [-0.4, -0.2) is 9.97 Å². The lowest BCUT2D eigenvalue weighted by Crippen LogP contribution is -1.82. The summed E-state index contributed by atoms with van der Waals surface area (Å²) in [4.78, 5) is 8.63. The fourth-order valence-corrected chi connectivity index (χ4v) is 2.16. The maximum atomic E-state index is 4.41. The van der Waals surface area contributed by atoms with E-state index in [1.54, 1.807) is 17.5 Å². The molecule has 2 aromatic rings. The van der Waals surface area contributed by atoms with E-state index in [-0.39, 0.29) is 0 Å². The van der Waals surface area contributed by atoms with Crippen LogP contribution < -0.4 is 0 Å². The number of hydrogen-bond donors (Lipinski definition) is 0. The number of alkyl halides is 1. The average Bonchev–Trinajstić information content (AvgIpc) is 2.67. The highest BCUT2D eigenvalue weighted by Crippen LogP contribution is 2.20. The molecule has 0 fully saturated rings. The number of pyridine rings is 1. The Bertz CT molecular complexity index is 386. The van der Waals surface area contributed by atoms with Crippen LogP contribution in [0.2, 0.25) is 0 Å². The second-order valence-corrected chi connectivity index (χ2v) is 3.98. The van der Waals surface area contributed by atoms with Crippen LogP contribution in [0.15, 0.2) is 29.8 Å². The second kappa shape index (κ2) is 3.98. The third-order valence-electron chi connectivity index (χ3n) is 1.59. The summed E-state index contributed by atoms with van der Waals surface area (Å²) in [6.07, 6.45) is 1.78. The Labute approximate surface area is 88.8 Å². The van der Waals surface area contributed by atoms with Crippen molar-refractivity contribution in [3.05, 3.63) is 34.8 Å². The number of rotatable bonds is 2. The number of thiazole rings is 1. The van der Waals surface area contributed by atoms with Gasteiger partial charge >= 0.3 is 0 Å². The van der Waals surface area contributed by atoms with E-state index in [1.165, 1.54) is 0 Å². The number of hydrogen-bond acceptors (Lipinski definition) is 3. The maximum Gasteiger partial charge on any atom is 0.104 e. The van der Waals surface area contributed by atoms with E-state index in [4.69, 9.17) is 0 Å². The highest BCUT2D eigenvalue weighted by atomic mass is 79.9. The van der Waals surface area contributed by atoms with Crippen molar-refractivity contribution in [2.45, 2.75) is 5.33 Å². The molecule has 0 bridgehead atoms. The molecule has 0 radical (unpaired) electrons. The van der Waals surface area contributed by atoms with Crippen LogP contribution in [0.1, 0.15) is 5.01 Å². The molecule has 2 nitrogen and oxygen atoms in total. The predicted octanol–water partition coefficient (Wildman–Crippen LogP) is 3.10. The number of aromatic nitrogens is 2. The van der Waals surface area contributed by atoms with Crippen molar-refractivity contribution in [2.75, 3.05) is 0 Å². The van der Waals surface area contributed by atoms with Gasteiger partial charge in [-0.2, -0.15) is 0 Å². The molecule has 0 amide bonds.